The molecule has 1 aromatic carbocycles. The first-order valence-corrected chi connectivity index (χ1v) is 9.60. The van der Waals surface area contributed by atoms with E-state index in [1.54, 1.807) is 37.4 Å². The fourth-order valence-corrected chi connectivity index (χ4v) is 2.93. The SMILES string of the molecule is CCOC(=O)[C@H](Cc1ccc(O)cc1)NC(=O)c1ccnc(-c2cc(C)ccn2)c1. The van der Waals surface area contributed by atoms with Crippen LogP contribution in [0.25, 0.3) is 11.4 Å². The highest BCUT2D eigenvalue weighted by Crippen LogP contribution is 2.17. The van der Waals surface area contributed by atoms with E-state index < -0.39 is 17.9 Å². The molecular weight excluding hydrogens is 382 g/mol. The van der Waals surface area contributed by atoms with Gasteiger partial charge in [0, 0.05) is 24.4 Å². The topological polar surface area (TPSA) is 101 Å². The Kier molecular flexibility index (Phi) is 6.75. The minimum atomic E-state index is -0.865. The van der Waals surface area contributed by atoms with Gasteiger partial charge in [-0.3, -0.25) is 14.8 Å². The highest BCUT2D eigenvalue weighted by Gasteiger charge is 2.23. The monoisotopic (exact) mass is 405 g/mol. The Hall–Kier alpha value is -3.74. The molecule has 2 aromatic heterocycles. The predicted octanol–water partition coefficient (Wildman–Crippen LogP) is 3.06. The molecule has 7 heteroatoms. The summed E-state index contributed by atoms with van der Waals surface area (Å²) in [6.07, 6.45) is 3.46. The molecule has 154 valence electrons. The molecule has 0 aliphatic heterocycles. The Labute approximate surface area is 174 Å². The van der Waals surface area contributed by atoms with Crippen LogP contribution in [0.2, 0.25) is 0 Å². The third-order valence-electron chi connectivity index (χ3n) is 4.45. The van der Waals surface area contributed by atoms with Crippen LogP contribution in [0.5, 0.6) is 5.75 Å². The van der Waals surface area contributed by atoms with Crippen molar-refractivity contribution >= 4 is 11.9 Å². The fourth-order valence-electron chi connectivity index (χ4n) is 2.93. The van der Waals surface area contributed by atoms with Gasteiger partial charge >= 0.3 is 5.97 Å². The van der Waals surface area contributed by atoms with Gasteiger partial charge in [0.15, 0.2) is 0 Å². The van der Waals surface area contributed by atoms with Gasteiger partial charge in [-0.15, -0.1) is 0 Å². The molecule has 3 aromatic rings. The summed E-state index contributed by atoms with van der Waals surface area (Å²) in [7, 11) is 0. The Bertz CT molecular complexity index is 1030. The lowest BCUT2D eigenvalue weighted by Gasteiger charge is -2.18. The van der Waals surface area contributed by atoms with Crippen molar-refractivity contribution in [1.82, 2.24) is 15.3 Å². The van der Waals surface area contributed by atoms with E-state index in [4.69, 9.17) is 4.74 Å². The molecule has 0 aliphatic rings. The van der Waals surface area contributed by atoms with Crippen LogP contribution in [-0.4, -0.2) is 39.6 Å². The van der Waals surface area contributed by atoms with Crippen LogP contribution >= 0.6 is 0 Å². The number of carbonyl (C=O) groups excluding carboxylic acids is 2. The second-order valence-electron chi connectivity index (χ2n) is 6.80. The molecule has 1 atom stereocenters. The van der Waals surface area contributed by atoms with E-state index in [0.29, 0.717) is 17.0 Å². The van der Waals surface area contributed by atoms with E-state index in [9.17, 15) is 14.7 Å². The number of aryl methyl sites for hydroxylation is 1. The Balaban J connectivity index is 1.80. The van der Waals surface area contributed by atoms with E-state index in [-0.39, 0.29) is 18.8 Å². The van der Waals surface area contributed by atoms with Crippen molar-refractivity contribution in [2.75, 3.05) is 6.61 Å². The second kappa shape index (κ2) is 9.65. The number of carbonyl (C=O) groups is 2. The van der Waals surface area contributed by atoms with Gasteiger partial charge in [-0.25, -0.2) is 4.79 Å². The smallest absolute Gasteiger partial charge is 0.328 e. The van der Waals surface area contributed by atoms with Crippen molar-refractivity contribution in [3.05, 3.63) is 77.6 Å². The minimum absolute atomic E-state index is 0.129. The first-order chi connectivity index (χ1) is 14.5. The number of aromatic hydroxyl groups is 1. The average molecular weight is 405 g/mol. The number of hydrogen-bond acceptors (Lipinski definition) is 6. The van der Waals surface area contributed by atoms with Gasteiger partial charge in [-0.2, -0.15) is 0 Å². The van der Waals surface area contributed by atoms with Gasteiger partial charge in [0.05, 0.1) is 18.0 Å². The van der Waals surface area contributed by atoms with Crippen LogP contribution < -0.4 is 5.32 Å². The van der Waals surface area contributed by atoms with Crippen molar-refractivity contribution in [2.24, 2.45) is 0 Å². The van der Waals surface area contributed by atoms with Crippen LogP contribution in [0.1, 0.15) is 28.4 Å². The quantitative estimate of drug-likeness (QED) is 0.586. The summed E-state index contributed by atoms with van der Waals surface area (Å²) in [6, 6.07) is 12.6. The van der Waals surface area contributed by atoms with Crippen LogP contribution in [-0.2, 0) is 16.0 Å². The summed E-state index contributed by atoms with van der Waals surface area (Å²) in [5.74, 6) is -0.804. The highest BCUT2D eigenvalue weighted by atomic mass is 16.5. The van der Waals surface area contributed by atoms with Crippen molar-refractivity contribution in [2.45, 2.75) is 26.3 Å². The van der Waals surface area contributed by atoms with E-state index in [1.807, 2.05) is 19.1 Å². The number of nitrogens with zero attached hydrogens (tertiary/aromatic N) is 2. The van der Waals surface area contributed by atoms with Crippen LogP contribution in [0.3, 0.4) is 0 Å². The summed E-state index contributed by atoms with van der Waals surface area (Å²) < 4.78 is 5.12. The van der Waals surface area contributed by atoms with Crippen LogP contribution in [0.15, 0.2) is 60.9 Å². The standard InChI is InChI=1S/C23H23N3O4/c1-3-30-23(29)21(13-16-4-6-18(27)7-5-16)26-22(28)17-9-11-25-20(14-17)19-12-15(2)8-10-24-19/h4-12,14,21,27H,3,13H2,1-2H3,(H,26,28)/t21-/m0/s1. The summed E-state index contributed by atoms with van der Waals surface area (Å²) in [5.41, 5.74) is 3.41. The zero-order valence-corrected chi connectivity index (χ0v) is 16.8. The number of ether oxygens (including phenoxy) is 1. The lowest BCUT2D eigenvalue weighted by atomic mass is 10.0. The zero-order chi connectivity index (χ0) is 21.5. The molecule has 0 saturated heterocycles. The van der Waals surface area contributed by atoms with Gasteiger partial charge in [0.2, 0.25) is 0 Å². The number of amides is 1. The maximum atomic E-state index is 12.9. The number of hydrogen-bond donors (Lipinski definition) is 2. The molecule has 2 N–H and O–H groups in total. The number of rotatable bonds is 7. The molecular formula is C23H23N3O4. The maximum absolute atomic E-state index is 12.9. The molecule has 0 radical (unpaired) electrons. The molecule has 2 heterocycles. The Morgan fingerprint density at radius 1 is 1.03 bits per heavy atom. The largest absolute Gasteiger partial charge is 0.508 e. The second-order valence-corrected chi connectivity index (χ2v) is 6.80. The molecule has 0 bridgehead atoms. The molecule has 30 heavy (non-hydrogen) atoms. The number of pyridine rings is 2. The van der Waals surface area contributed by atoms with Crippen LogP contribution in [0.4, 0.5) is 0 Å². The summed E-state index contributed by atoms with van der Waals surface area (Å²) >= 11 is 0. The van der Waals surface area contributed by atoms with Crippen molar-refractivity contribution < 1.29 is 19.4 Å². The van der Waals surface area contributed by atoms with Crippen LogP contribution in [0, 0.1) is 6.92 Å². The lowest BCUT2D eigenvalue weighted by molar-refractivity contribution is -0.145. The molecule has 7 nitrogen and oxygen atoms in total. The van der Waals surface area contributed by atoms with Crippen molar-refractivity contribution in [1.29, 1.82) is 0 Å². The van der Waals surface area contributed by atoms with E-state index in [2.05, 4.69) is 15.3 Å². The van der Waals surface area contributed by atoms with Gasteiger partial charge in [0.1, 0.15) is 11.8 Å². The normalized spacial score (nSPS) is 11.5. The summed E-state index contributed by atoms with van der Waals surface area (Å²) in [5, 5.41) is 12.2. The van der Waals surface area contributed by atoms with Crippen molar-refractivity contribution in [3.8, 4) is 17.1 Å². The number of aromatic nitrogens is 2. The Morgan fingerprint density at radius 2 is 1.70 bits per heavy atom. The van der Waals surface area contributed by atoms with Gasteiger partial charge in [-0.05, 0) is 61.4 Å². The number of nitrogens with one attached hydrogen (secondary N) is 1. The zero-order valence-electron chi connectivity index (χ0n) is 16.8. The molecule has 0 fully saturated rings. The third kappa shape index (κ3) is 5.41. The van der Waals surface area contributed by atoms with E-state index in [1.165, 1.54) is 18.3 Å². The van der Waals surface area contributed by atoms with E-state index in [0.717, 1.165) is 11.1 Å². The number of esters is 1. The first kappa shape index (κ1) is 21.0. The number of benzene rings is 1. The molecule has 0 unspecified atom stereocenters. The predicted molar refractivity (Wildman–Crippen MR) is 112 cm³/mol. The molecule has 3 rings (SSSR count). The van der Waals surface area contributed by atoms with Gasteiger partial charge in [-0.1, -0.05) is 12.1 Å². The maximum Gasteiger partial charge on any atom is 0.328 e. The molecule has 1 amide bonds. The first-order valence-electron chi connectivity index (χ1n) is 9.60. The molecule has 0 spiro atoms. The average Bonchev–Trinajstić information content (AvgIpc) is 2.75. The molecule has 0 aliphatic carbocycles. The highest BCUT2D eigenvalue weighted by molar-refractivity contribution is 5.97. The summed E-state index contributed by atoms with van der Waals surface area (Å²) in [4.78, 5) is 33.8. The van der Waals surface area contributed by atoms with E-state index >= 15 is 0 Å². The number of phenols is 1. The molecule has 0 saturated carbocycles. The summed E-state index contributed by atoms with van der Waals surface area (Å²) in [6.45, 7) is 3.87. The van der Waals surface area contributed by atoms with Crippen molar-refractivity contribution in [3.63, 3.8) is 0 Å². The number of phenolic OH excluding ortho intramolecular Hbond substituents is 1. The third-order valence-corrected chi connectivity index (χ3v) is 4.45. The van der Waals surface area contributed by atoms with Gasteiger partial charge < -0.3 is 15.2 Å². The lowest BCUT2D eigenvalue weighted by Crippen LogP contribution is -2.43. The van der Waals surface area contributed by atoms with Gasteiger partial charge in [0.25, 0.3) is 5.91 Å². The minimum Gasteiger partial charge on any atom is -0.508 e. The Morgan fingerprint density at radius 3 is 2.37 bits per heavy atom. The fraction of sp³-hybridized carbons (Fsp3) is 0.217.